The molecule has 1 saturated heterocycles. The fraction of sp³-hybridized carbons (Fsp3) is 0.538. The van der Waals surface area contributed by atoms with Crippen molar-refractivity contribution in [1.29, 1.82) is 0 Å². The molecule has 21 heavy (non-hydrogen) atoms. The molecule has 0 radical (unpaired) electrons. The Labute approximate surface area is 121 Å². The van der Waals surface area contributed by atoms with Gasteiger partial charge in [0.2, 0.25) is 5.82 Å². The van der Waals surface area contributed by atoms with Crippen LogP contribution < -0.4 is 4.90 Å². The first-order valence-corrected chi connectivity index (χ1v) is 6.57. The predicted molar refractivity (Wildman–Crippen MR) is 72.1 cm³/mol. The van der Waals surface area contributed by atoms with Gasteiger partial charge in [-0.2, -0.15) is 0 Å². The third kappa shape index (κ3) is 3.10. The van der Waals surface area contributed by atoms with Crippen LogP contribution in [0, 0.1) is 5.92 Å². The van der Waals surface area contributed by atoms with E-state index in [0.717, 1.165) is 0 Å². The highest BCUT2D eigenvalue weighted by atomic mass is 16.5. The van der Waals surface area contributed by atoms with Crippen molar-refractivity contribution >= 4 is 17.8 Å². The lowest BCUT2D eigenvalue weighted by molar-refractivity contribution is -0.141. The van der Waals surface area contributed by atoms with Crippen molar-refractivity contribution in [3.63, 3.8) is 0 Å². The smallest absolute Gasteiger partial charge is 0.376 e. The molecule has 2 heterocycles. The maximum absolute atomic E-state index is 11.5. The molecule has 2 atom stereocenters. The molecular weight excluding hydrogens is 278 g/mol. The van der Waals surface area contributed by atoms with Crippen molar-refractivity contribution in [3.8, 4) is 0 Å². The van der Waals surface area contributed by atoms with Gasteiger partial charge in [0.25, 0.3) is 0 Å². The molecule has 0 aromatic carbocycles. The number of anilines is 1. The van der Waals surface area contributed by atoms with Crippen LogP contribution >= 0.6 is 0 Å². The SMILES string of the molecule is CCN(c1ccnc(C(=O)OC)n1)C1COCC1C(=O)O. The van der Waals surface area contributed by atoms with E-state index in [0.29, 0.717) is 19.0 Å². The second kappa shape index (κ2) is 6.49. The van der Waals surface area contributed by atoms with Crippen LogP contribution in [0.2, 0.25) is 0 Å². The summed E-state index contributed by atoms with van der Waals surface area (Å²) >= 11 is 0. The molecule has 2 rings (SSSR count). The molecule has 0 bridgehead atoms. The summed E-state index contributed by atoms with van der Waals surface area (Å²) in [7, 11) is 1.25. The van der Waals surface area contributed by atoms with Gasteiger partial charge in [0.15, 0.2) is 0 Å². The second-order valence-corrected chi connectivity index (χ2v) is 4.57. The quantitative estimate of drug-likeness (QED) is 0.768. The number of rotatable bonds is 5. The Morgan fingerprint density at radius 2 is 2.29 bits per heavy atom. The van der Waals surface area contributed by atoms with E-state index in [2.05, 4.69) is 14.7 Å². The Hall–Kier alpha value is -2.22. The van der Waals surface area contributed by atoms with E-state index in [4.69, 9.17) is 4.74 Å². The van der Waals surface area contributed by atoms with Crippen LogP contribution in [0.3, 0.4) is 0 Å². The van der Waals surface area contributed by atoms with Crippen LogP contribution in [-0.2, 0) is 14.3 Å². The zero-order valence-electron chi connectivity index (χ0n) is 11.9. The van der Waals surface area contributed by atoms with Gasteiger partial charge in [-0.3, -0.25) is 4.79 Å². The minimum absolute atomic E-state index is 0.0563. The Bertz CT molecular complexity index is 536. The summed E-state index contributed by atoms with van der Waals surface area (Å²) in [5.41, 5.74) is 0. The Balaban J connectivity index is 2.29. The molecule has 0 spiro atoms. The lowest BCUT2D eigenvalue weighted by Gasteiger charge is -2.30. The molecule has 114 valence electrons. The normalized spacial score (nSPS) is 21.0. The van der Waals surface area contributed by atoms with Crippen LogP contribution in [0.5, 0.6) is 0 Å². The summed E-state index contributed by atoms with van der Waals surface area (Å²) in [4.78, 5) is 32.6. The fourth-order valence-electron chi connectivity index (χ4n) is 2.35. The van der Waals surface area contributed by atoms with E-state index in [1.54, 1.807) is 11.0 Å². The van der Waals surface area contributed by atoms with E-state index >= 15 is 0 Å². The van der Waals surface area contributed by atoms with Crippen molar-refractivity contribution in [3.05, 3.63) is 18.1 Å². The number of aliphatic carboxylic acids is 1. The van der Waals surface area contributed by atoms with Gasteiger partial charge in [0, 0.05) is 12.7 Å². The summed E-state index contributed by atoms with van der Waals surface area (Å²) in [6, 6.07) is 1.31. The molecule has 0 saturated carbocycles. The van der Waals surface area contributed by atoms with Crippen LogP contribution in [0.4, 0.5) is 5.82 Å². The van der Waals surface area contributed by atoms with E-state index < -0.39 is 17.9 Å². The topological polar surface area (TPSA) is 102 Å². The standard InChI is InChI=1S/C13H17N3O5/c1-3-16(9-7-21-6-8(9)12(17)18)10-4-5-14-11(15-10)13(19)20-2/h4-5,8-9H,3,6-7H2,1-2H3,(H,17,18). The third-order valence-electron chi connectivity index (χ3n) is 3.41. The number of ether oxygens (including phenoxy) is 2. The van der Waals surface area contributed by atoms with Crippen molar-refractivity contribution in [2.75, 3.05) is 31.8 Å². The van der Waals surface area contributed by atoms with Gasteiger partial charge in [0.05, 0.1) is 26.4 Å². The van der Waals surface area contributed by atoms with E-state index in [1.807, 2.05) is 6.92 Å². The number of esters is 1. The Kier molecular flexibility index (Phi) is 4.69. The molecule has 0 amide bonds. The number of carboxylic acids is 1. The summed E-state index contributed by atoms with van der Waals surface area (Å²) in [6.07, 6.45) is 1.45. The molecule has 1 N–H and O–H groups in total. The molecule has 1 aromatic rings. The maximum Gasteiger partial charge on any atom is 0.376 e. The molecule has 1 aliphatic rings. The average molecular weight is 295 g/mol. The lowest BCUT2D eigenvalue weighted by Crippen LogP contribution is -2.43. The molecule has 8 heteroatoms. The molecular formula is C13H17N3O5. The molecule has 1 aromatic heterocycles. The van der Waals surface area contributed by atoms with Gasteiger partial charge in [-0.05, 0) is 13.0 Å². The first-order chi connectivity index (χ1) is 10.1. The van der Waals surface area contributed by atoms with Gasteiger partial charge < -0.3 is 19.5 Å². The largest absolute Gasteiger partial charge is 0.481 e. The molecule has 8 nitrogen and oxygen atoms in total. The summed E-state index contributed by atoms with van der Waals surface area (Å²) < 4.78 is 9.86. The van der Waals surface area contributed by atoms with Crippen molar-refractivity contribution in [2.45, 2.75) is 13.0 Å². The maximum atomic E-state index is 11.5. The number of hydrogen-bond acceptors (Lipinski definition) is 7. The first kappa shape index (κ1) is 15.2. The fourth-order valence-corrected chi connectivity index (χ4v) is 2.35. The third-order valence-corrected chi connectivity index (χ3v) is 3.41. The zero-order chi connectivity index (χ0) is 15.4. The van der Waals surface area contributed by atoms with E-state index in [-0.39, 0.29) is 18.5 Å². The van der Waals surface area contributed by atoms with Crippen LogP contribution in [-0.4, -0.2) is 59.9 Å². The Morgan fingerprint density at radius 3 is 2.90 bits per heavy atom. The number of carboxylic acid groups (broad SMARTS) is 1. The zero-order valence-corrected chi connectivity index (χ0v) is 11.9. The second-order valence-electron chi connectivity index (χ2n) is 4.57. The van der Waals surface area contributed by atoms with E-state index in [9.17, 15) is 14.7 Å². The van der Waals surface area contributed by atoms with E-state index in [1.165, 1.54) is 13.3 Å². The number of methoxy groups -OCH3 is 1. The van der Waals surface area contributed by atoms with Gasteiger partial charge in [-0.15, -0.1) is 0 Å². The highest BCUT2D eigenvalue weighted by molar-refractivity contribution is 5.85. The molecule has 2 unspecified atom stereocenters. The van der Waals surface area contributed by atoms with Crippen LogP contribution in [0.1, 0.15) is 17.5 Å². The highest BCUT2D eigenvalue weighted by Crippen LogP contribution is 2.24. The van der Waals surface area contributed by atoms with Gasteiger partial charge >= 0.3 is 11.9 Å². The lowest BCUT2D eigenvalue weighted by atomic mass is 10.0. The number of carbonyl (C=O) groups excluding carboxylic acids is 1. The summed E-state index contributed by atoms with van der Waals surface area (Å²) in [6.45, 7) is 2.90. The Morgan fingerprint density at radius 1 is 1.52 bits per heavy atom. The van der Waals surface area contributed by atoms with Crippen molar-refractivity contribution in [2.24, 2.45) is 5.92 Å². The first-order valence-electron chi connectivity index (χ1n) is 6.57. The highest BCUT2D eigenvalue weighted by Gasteiger charge is 2.38. The number of hydrogen-bond donors (Lipinski definition) is 1. The monoisotopic (exact) mass is 295 g/mol. The van der Waals surface area contributed by atoms with Gasteiger partial charge in [-0.25, -0.2) is 14.8 Å². The summed E-state index contributed by atoms with van der Waals surface area (Å²) in [5, 5.41) is 9.24. The number of carbonyl (C=O) groups is 2. The van der Waals surface area contributed by atoms with Gasteiger partial charge in [-0.1, -0.05) is 0 Å². The minimum atomic E-state index is -0.904. The average Bonchev–Trinajstić information content (AvgIpc) is 2.97. The molecule has 1 aliphatic heterocycles. The number of aromatic nitrogens is 2. The van der Waals surface area contributed by atoms with Crippen molar-refractivity contribution in [1.82, 2.24) is 9.97 Å². The van der Waals surface area contributed by atoms with Gasteiger partial charge in [0.1, 0.15) is 11.7 Å². The molecule has 0 aliphatic carbocycles. The predicted octanol–water partition coefficient (Wildman–Crippen LogP) is 0.189. The van der Waals surface area contributed by atoms with Crippen LogP contribution in [0.15, 0.2) is 12.3 Å². The number of likely N-dealkylation sites (N-methyl/N-ethyl adjacent to an activating group) is 1. The number of nitrogens with zero attached hydrogens (tertiary/aromatic N) is 3. The summed E-state index contributed by atoms with van der Waals surface area (Å²) in [5.74, 6) is -1.74. The minimum Gasteiger partial charge on any atom is -0.481 e. The van der Waals surface area contributed by atoms with Crippen LogP contribution in [0.25, 0.3) is 0 Å². The molecule has 1 fully saturated rings. The van der Waals surface area contributed by atoms with Crippen molar-refractivity contribution < 1.29 is 24.2 Å².